The molecule has 1 aliphatic rings. The van der Waals surface area contributed by atoms with Gasteiger partial charge in [-0.3, -0.25) is 10.3 Å². The molecular weight excluding hydrogens is 228 g/mol. The summed E-state index contributed by atoms with van der Waals surface area (Å²) in [4.78, 5) is 13.6. The summed E-state index contributed by atoms with van der Waals surface area (Å²) in [6.45, 7) is 0.366. The van der Waals surface area contributed by atoms with E-state index in [4.69, 9.17) is 11.6 Å². The lowest BCUT2D eigenvalue weighted by atomic mass is 10.1. The zero-order valence-corrected chi connectivity index (χ0v) is 9.25. The molecule has 0 saturated heterocycles. The molecule has 0 saturated carbocycles. The van der Waals surface area contributed by atoms with E-state index in [9.17, 15) is 9.90 Å². The van der Waals surface area contributed by atoms with Crippen LogP contribution in [0.15, 0.2) is 24.3 Å². The van der Waals surface area contributed by atoms with E-state index < -0.39 is 12.0 Å². The lowest BCUT2D eigenvalue weighted by molar-refractivity contribution is -0.451. The van der Waals surface area contributed by atoms with E-state index in [0.29, 0.717) is 18.0 Å². The van der Waals surface area contributed by atoms with Gasteiger partial charge in [-0.25, -0.2) is 0 Å². The minimum Gasteiger partial charge on any atom is -0.545 e. The second kappa shape index (κ2) is 4.53. The summed E-state index contributed by atoms with van der Waals surface area (Å²) in [7, 11) is 0. The summed E-state index contributed by atoms with van der Waals surface area (Å²) in [5.74, 6) is -0.282. The van der Waals surface area contributed by atoms with Crippen LogP contribution in [-0.2, 0) is 11.2 Å². The van der Waals surface area contributed by atoms with E-state index in [0.717, 1.165) is 11.4 Å². The first kappa shape index (κ1) is 11.0. The first-order chi connectivity index (χ1) is 7.65. The fourth-order valence-corrected chi connectivity index (χ4v) is 1.73. The van der Waals surface area contributed by atoms with E-state index in [1.807, 2.05) is 24.3 Å². The van der Waals surface area contributed by atoms with Crippen LogP contribution in [0.5, 0.6) is 0 Å². The van der Waals surface area contributed by atoms with Crippen molar-refractivity contribution in [3.8, 4) is 0 Å². The Hall–Kier alpha value is -1.55. The molecule has 2 rings (SSSR count). The standard InChI is InChI=1S/C11H11ClN2O2/c12-8-3-1-7(2-4-8)5-10-13-6-9(14-10)11(15)16/h1-4,9H,5-6H2,(H,13,14)(H,15,16)/t9-/m0/s1. The average molecular weight is 239 g/mol. The second-order valence-electron chi connectivity index (χ2n) is 3.68. The monoisotopic (exact) mass is 238 g/mol. The predicted octanol–water partition coefficient (Wildman–Crippen LogP) is -1.92. The first-order valence-corrected chi connectivity index (χ1v) is 5.34. The van der Waals surface area contributed by atoms with E-state index in [-0.39, 0.29) is 0 Å². The number of carboxylic acids is 1. The molecule has 1 atom stereocenters. The minimum absolute atomic E-state index is 0.366. The van der Waals surface area contributed by atoms with E-state index in [1.54, 1.807) is 0 Å². The fraction of sp³-hybridized carbons (Fsp3) is 0.273. The van der Waals surface area contributed by atoms with Gasteiger partial charge in [-0.05, 0) is 17.7 Å². The Bertz CT molecular complexity index is 428. The largest absolute Gasteiger partial charge is 0.545 e. The summed E-state index contributed by atoms with van der Waals surface area (Å²) in [6.07, 6.45) is 0.640. The highest BCUT2D eigenvalue weighted by Gasteiger charge is 2.24. The quantitative estimate of drug-likeness (QED) is 0.646. The van der Waals surface area contributed by atoms with Gasteiger partial charge in [0.1, 0.15) is 6.54 Å². The van der Waals surface area contributed by atoms with Crippen LogP contribution >= 0.6 is 11.6 Å². The van der Waals surface area contributed by atoms with Gasteiger partial charge in [-0.1, -0.05) is 23.7 Å². The summed E-state index contributed by atoms with van der Waals surface area (Å²) < 4.78 is 0. The first-order valence-electron chi connectivity index (χ1n) is 4.96. The second-order valence-corrected chi connectivity index (χ2v) is 4.12. The molecule has 0 amide bonds. The van der Waals surface area contributed by atoms with Crippen molar-refractivity contribution in [3.05, 3.63) is 34.9 Å². The van der Waals surface area contributed by atoms with Crippen LogP contribution in [0.2, 0.25) is 5.02 Å². The Morgan fingerprint density at radius 1 is 1.50 bits per heavy atom. The van der Waals surface area contributed by atoms with Crippen LogP contribution in [0.1, 0.15) is 5.56 Å². The Kier molecular flexibility index (Phi) is 3.10. The molecule has 0 bridgehead atoms. The number of carbonyl (C=O) groups is 1. The molecule has 1 aliphatic heterocycles. The van der Waals surface area contributed by atoms with E-state index >= 15 is 0 Å². The van der Waals surface area contributed by atoms with Gasteiger partial charge in [0.15, 0.2) is 6.04 Å². The predicted molar refractivity (Wildman–Crippen MR) is 57.9 cm³/mol. The Morgan fingerprint density at radius 2 is 2.19 bits per heavy atom. The lowest BCUT2D eigenvalue weighted by Crippen LogP contribution is -2.72. The van der Waals surface area contributed by atoms with Crippen molar-refractivity contribution in [2.45, 2.75) is 12.5 Å². The summed E-state index contributed by atoms with van der Waals surface area (Å²) >= 11 is 5.77. The molecule has 1 aromatic carbocycles. The van der Waals surface area contributed by atoms with Crippen molar-refractivity contribution >= 4 is 23.4 Å². The van der Waals surface area contributed by atoms with E-state index in [2.05, 4.69) is 10.3 Å². The van der Waals surface area contributed by atoms with Gasteiger partial charge in [-0.15, -0.1) is 0 Å². The number of halogens is 1. The maximum Gasteiger partial charge on any atom is 0.247 e. The van der Waals surface area contributed by atoms with Crippen LogP contribution in [-0.4, -0.2) is 24.4 Å². The molecule has 0 unspecified atom stereocenters. The van der Waals surface area contributed by atoms with Gasteiger partial charge in [0.2, 0.25) is 5.84 Å². The molecule has 5 heteroatoms. The summed E-state index contributed by atoms with van der Waals surface area (Å²) in [6, 6.07) is 6.80. The van der Waals surface area contributed by atoms with Crippen LogP contribution in [0.3, 0.4) is 0 Å². The van der Waals surface area contributed by atoms with Gasteiger partial charge in [0, 0.05) is 5.02 Å². The SMILES string of the molecule is O=C([O-])[C@@H]1C[NH+]=C(Cc2ccc(Cl)cc2)N1. The van der Waals surface area contributed by atoms with Crippen molar-refractivity contribution in [1.29, 1.82) is 0 Å². The van der Waals surface area contributed by atoms with Crippen molar-refractivity contribution in [2.75, 3.05) is 6.54 Å². The fourth-order valence-electron chi connectivity index (χ4n) is 1.60. The van der Waals surface area contributed by atoms with Gasteiger partial charge in [0.05, 0.1) is 12.4 Å². The Morgan fingerprint density at radius 3 is 2.75 bits per heavy atom. The van der Waals surface area contributed by atoms with Crippen molar-refractivity contribution < 1.29 is 14.9 Å². The maximum absolute atomic E-state index is 10.6. The molecular formula is C11H11ClN2O2. The Labute approximate surface area is 98.0 Å². The number of hydrogen-bond acceptors (Lipinski definition) is 3. The molecule has 4 nitrogen and oxygen atoms in total. The zero-order valence-electron chi connectivity index (χ0n) is 8.50. The molecule has 2 N–H and O–H groups in total. The number of nitrogens with one attached hydrogen (secondary N) is 2. The highest BCUT2D eigenvalue weighted by atomic mass is 35.5. The highest BCUT2D eigenvalue weighted by molar-refractivity contribution is 6.30. The minimum atomic E-state index is -1.08. The molecule has 0 aromatic heterocycles. The lowest BCUT2D eigenvalue weighted by Gasteiger charge is -2.05. The topological polar surface area (TPSA) is 66.1 Å². The molecule has 1 heterocycles. The van der Waals surface area contributed by atoms with Crippen molar-refractivity contribution in [1.82, 2.24) is 5.32 Å². The maximum atomic E-state index is 10.6. The normalized spacial score (nSPS) is 19.1. The molecule has 0 aliphatic carbocycles. The smallest absolute Gasteiger partial charge is 0.247 e. The summed E-state index contributed by atoms with van der Waals surface area (Å²) in [5.41, 5.74) is 1.07. The number of hydrogen-bond donors (Lipinski definition) is 2. The van der Waals surface area contributed by atoms with Gasteiger partial charge in [-0.2, -0.15) is 0 Å². The number of amidine groups is 1. The number of carboxylic acid groups (broad SMARTS) is 1. The molecule has 16 heavy (non-hydrogen) atoms. The van der Waals surface area contributed by atoms with Gasteiger partial charge in [0.25, 0.3) is 0 Å². The molecule has 0 radical (unpaired) electrons. The molecule has 0 spiro atoms. The molecule has 1 aromatic rings. The van der Waals surface area contributed by atoms with Gasteiger partial charge < -0.3 is 9.90 Å². The molecule has 0 fully saturated rings. The average Bonchev–Trinajstić information content (AvgIpc) is 2.70. The third-order valence-electron chi connectivity index (χ3n) is 2.45. The highest BCUT2D eigenvalue weighted by Crippen LogP contribution is 2.09. The Balaban J connectivity index is 1.97. The zero-order chi connectivity index (χ0) is 11.5. The number of carbonyl (C=O) groups excluding carboxylic acids is 1. The number of aliphatic carboxylic acids is 1. The number of benzene rings is 1. The van der Waals surface area contributed by atoms with E-state index in [1.165, 1.54) is 0 Å². The third-order valence-corrected chi connectivity index (χ3v) is 2.70. The summed E-state index contributed by atoms with van der Waals surface area (Å²) in [5, 5.41) is 14.2. The van der Waals surface area contributed by atoms with Crippen LogP contribution in [0.4, 0.5) is 0 Å². The molecule has 84 valence electrons. The van der Waals surface area contributed by atoms with Crippen LogP contribution in [0.25, 0.3) is 0 Å². The third kappa shape index (κ3) is 2.52. The van der Waals surface area contributed by atoms with Crippen molar-refractivity contribution in [3.63, 3.8) is 0 Å². The number of rotatable bonds is 3. The van der Waals surface area contributed by atoms with Crippen LogP contribution < -0.4 is 15.4 Å². The van der Waals surface area contributed by atoms with Crippen molar-refractivity contribution in [2.24, 2.45) is 0 Å². The van der Waals surface area contributed by atoms with Crippen LogP contribution in [0, 0.1) is 0 Å². The van der Waals surface area contributed by atoms with Gasteiger partial charge >= 0.3 is 0 Å².